The van der Waals surface area contributed by atoms with Crippen LogP contribution in [0.3, 0.4) is 0 Å². The first-order valence-corrected chi connectivity index (χ1v) is 9.94. The summed E-state index contributed by atoms with van der Waals surface area (Å²) in [7, 11) is -2.16. The van der Waals surface area contributed by atoms with E-state index in [1.165, 1.54) is 10.8 Å². The molecule has 0 saturated carbocycles. The molecular formula is C18H13F3N4O2S. The molecule has 0 N–H and O–H groups in total. The maximum absolute atomic E-state index is 13.0. The first-order valence-electron chi connectivity index (χ1n) is 8.05. The largest absolute Gasteiger partial charge is 0.417 e. The number of aromatic nitrogens is 4. The molecule has 0 atom stereocenters. The van der Waals surface area contributed by atoms with Crippen LogP contribution in [0.4, 0.5) is 13.2 Å². The van der Waals surface area contributed by atoms with Crippen molar-refractivity contribution >= 4 is 31.8 Å². The molecular weight excluding hydrogens is 393 g/mol. The van der Waals surface area contributed by atoms with Gasteiger partial charge in [0, 0.05) is 36.5 Å². The zero-order chi connectivity index (χ0) is 20.3. The number of alkyl halides is 3. The number of benzene rings is 1. The fraction of sp³-hybridized carbons (Fsp3) is 0.167. The van der Waals surface area contributed by atoms with E-state index < -0.39 is 21.6 Å². The van der Waals surface area contributed by atoms with Gasteiger partial charge in [-0.25, -0.2) is 18.4 Å². The summed E-state index contributed by atoms with van der Waals surface area (Å²) in [4.78, 5) is 12.3. The molecule has 0 unspecified atom stereocenters. The molecule has 0 spiro atoms. The highest BCUT2D eigenvalue weighted by molar-refractivity contribution is 7.91. The van der Waals surface area contributed by atoms with Crippen LogP contribution in [0.15, 0.2) is 47.6 Å². The summed E-state index contributed by atoms with van der Waals surface area (Å²) < 4.78 is 65.4. The number of fused-ring (bicyclic) bond motifs is 2. The smallest absolute Gasteiger partial charge is 0.310 e. The minimum absolute atomic E-state index is 0.00161. The number of hydrogen-bond donors (Lipinski definition) is 0. The molecule has 3 aromatic heterocycles. The Labute approximate surface area is 157 Å². The van der Waals surface area contributed by atoms with Gasteiger partial charge in [-0.1, -0.05) is 24.3 Å². The molecule has 0 aliphatic carbocycles. The minimum Gasteiger partial charge on any atom is -0.310 e. The maximum atomic E-state index is 13.0. The quantitative estimate of drug-likeness (QED) is 0.508. The normalized spacial score (nSPS) is 12.8. The molecule has 0 amide bonds. The maximum Gasteiger partial charge on any atom is 0.417 e. The summed E-state index contributed by atoms with van der Waals surface area (Å²) >= 11 is 0. The summed E-state index contributed by atoms with van der Waals surface area (Å²) in [6.45, 7) is 0. The van der Waals surface area contributed by atoms with E-state index in [1.54, 1.807) is 31.3 Å². The summed E-state index contributed by atoms with van der Waals surface area (Å²) in [6, 6.07) is 7.72. The van der Waals surface area contributed by atoms with Crippen LogP contribution in [-0.2, 0) is 23.1 Å². The molecule has 0 fully saturated rings. The number of aryl methyl sites for hydroxylation is 1. The van der Waals surface area contributed by atoms with Gasteiger partial charge < -0.3 is 4.57 Å². The lowest BCUT2D eigenvalue weighted by molar-refractivity contribution is -0.137. The molecule has 0 bridgehead atoms. The van der Waals surface area contributed by atoms with Crippen LogP contribution >= 0.6 is 0 Å². The average Bonchev–Trinajstić information content (AvgIpc) is 2.95. The third-order valence-electron chi connectivity index (χ3n) is 4.37. The predicted molar refractivity (Wildman–Crippen MR) is 97.4 cm³/mol. The van der Waals surface area contributed by atoms with E-state index in [0.29, 0.717) is 10.8 Å². The second-order valence-electron chi connectivity index (χ2n) is 6.35. The van der Waals surface area contributed by atoms with Crippen molar-refractivity contribution in [1.82, 2.24) is 19.5 Å². The Kier molecular flexibility index (Phi) is 3.93. The molecule has 0 radical (unpaired) electrons. The molecule has 28 heavy (non-hydrogen) atoms. The van der Waals surface area contributed by atoms with Crippen LogP contribution < -0.4 is 0 Å². The van der Waals surface area contributed by atoms with Gasteiger partial charge >= 0.3 is 6.18 Å². The van der Waals surface area contributed by atoms with Crippen molar-refractivity contribution in [2.24, 2.45) is 7.05 Å². The van der Waals surface area contributed by atoms with Gasteiger partial charge in [-0.15, -0.1) is 0 Å². The van der Waals surface area contributed by atoms with Crippen LogP contribution in [0, 0.1) is 0 Å². The SMILES string of the molecule is Cn1c(-c2ncc3ccccc3c2S(C)(=O)=O)nc2cc(C(F)(F)F)cnc21. The van der Waals surface area contributed by atoms with Gasteiger partial charge in [0.2, 0.25) is 0 Å². The Balaban J connectivity index is 2.06. The number of nitrogens with zero attached hydrogens (tertiary/aromatic N) is 4. The molecule has 4 rings (SSSR count). The fourth-order valence-corrected chi connectivity index (χ4v) is 4.19. The average molecular weight is 406 g/mol. The van der Waals surface area contributed by atoms with Gasteiger partial charge in [0.15, 0.2) is 21.3 Å². The number of imidazole rings is 1. The lowest BCUT2D eigenvalue weighted by Gasteiger charge is -2.10. The molecule has 0 saturated heterocycles. The second-order valence-corrected chi connectivity index (χ2v) is 8.31. The fourth-order valence-electron chi connectivity index (χ4n) is 3.11. The highest BCUT2D eigenvalue weighted by atomic mass is 32.2. The Morgan fingerprint density at radius 3 is 2.46 bits per heavy atom. The highest BCUT2D eigenvalue weighted by Gasteiger charge is 2.32. The van der Waals surface area contributed by atoms with Crippen molar-refractivity contribution in [2.45, 2.75) is 11.1 Å². The zero-order valence-corrected chi connectivity index (χ0v) is 15.5. The Hall–Kier alpha value is -3.01. The Morgan fingerprint density at radius 1 is 1.07 bits per heavy atom. The van der Waals surface area contributed by atoms with Gasteiger partial charge in [-0.05, 0) is 6.07 Å². The van der Waals surface area contributed by atoms with Crippen LogP contribution in [0.1, 0.15) is 5.56 Å². The van der Waals surface area contributed by atoms with Crippen molar-refractivity contribution in [3.63, 3.8) is 0 Å². The van der Waals surface area contributed by atoms with Crippen molar-refractivity contribution in [3.8, 4) is 11.5 Å². The highest BCUT2D eigenvalue weighted by Crippen LogP contribution is 2.34. The number of rotatable bonds is 2. The lowest BCUT2D eigenvalue weighted by atomic mass is 10.1. The number of hydrogen-bond acceptors (Lipinski definition) is 5. The van der Waals surface area contributed by atoms with Crippen molar-refractivity contribution in [2.75, 3.05) is 6.26 Å². The van der Waals surface area contributed by atoms with E-state index in [-0.39, 0.29) is 27.6 Å². The van der Waals surface area contributed by atoms with E-state index in [4.69, 9.17) is 0 Å². The first kappa shape index (κ1) is 18.4. The topological polar surface area (TPSA) is 77.7 Å². The van der Waals surface area contributed by atoms with E-state index in [2.05, 4.69) is 15.0 Å². The van der Waals surface area contributed by atoms with E-state index >= 15 is 0 Å². The van der Waals surface area contributed by atoms with Crippen molar-refractivity contribution < 1.29 is 21.6 Å². The lowest BCUT2D eigenvalue weighted by Crippen LogP contribution is -2.06. The number of halogens is 3. The summed E-state index contributed by atoms with van der Waals surface area (Å²) in [5, 5.41) is 1.09. The van der Waals surface area contributed by atoms with Gasteiger partial charge in [-0.3, -0.25) is 4.98 Å². The van der Waals surface area contributed by atoms with Crippen molar-refractivity contribution in [3.05, 3.63) is 48.3 Å². The van der Waals surface area contributed by atoms with Crippen molar-refractivity contribution in [1.29, 1.82) is 0 Å². The van der Waals surface area contributed by atoms with E-state index in [0.717, 1.165) is 18.5 Å². The standard InChI is InChI=1S/C18H13F3N4O2S/c1-25-16-13(7-11(9-23-16)18(19,20)21)24-17(25)14-15(28(2,26)27)12-6-4-3-5-10(12)8-22-14/h3-9H,1-2H3. The molecule has 6 nitrogen and oxygen atoms in total. The van der Waals surface area contributed by atoms with E-state index in [9.17, 15) is 21.6 Å². The molecule has 10 heteroatoms. The third kappa shape index (κ3) is 2.89. The summed E-state index contributed by atoms with van der Waals surface area (Å²) in [5.74, 6) is 0.119. The van der Waals surface area contributed by atoms with Crippen LogP contribution in [0.5, 0.6) is 0 Å². The molecule has 0 aliphatic heterocycles. The van der Waals surface area contributed by atoms with E-state index in [1.807, 2.05) is 0 Å². The molecule has 144 valence electrons. The van der Waals surface area contributed by atoms with Crippen LogP contribution in [0.2, 0.25) is 0 Å². The van der Waals surface area contributed by atoms with Gasteiger partial charge in [0.05, 0.1) is 5.56 Å². The van der Waals surface area contributed by atoms with Gasteiger partial charge in [0.25, 0.3) is 0 Å². The molecule has 1 aromatic carbocycles. The van der Waals surface area contributed by atoms with Gasteiger partial charge in [0.1, 0.15) is 16.1 Å². The monoisotopic (exact) mass is 406 g/mol. The minimum atomic E-state index is -4.56. The van der Waals surface area contributed by atoms with Crippen LogP contribution in [0.25, 0.3) is 33.5 Å². The summed E-state index contributed by atoms with van der Waals surface area (Å²) in [6.07, 6.45) is -1.27. The van der Waals surface area contributed by atoms with Gasteiger partial charge in [-0.2, -0.15) is 13.2 Å². The third-order valence-corrected chi connectivity index (χ3v) is 5.53. The predicted octanol–water partition coefficient (Wildman–Crippen LogP) is 3.61. The Bertz CT molecular complexity index is 1340. The first-order chi connectivity index (χ1) is 13.1. The Morgan fingerprint density at radius 2 is 1.79 bits per heavy atom. The second kappa shape index (κ2) is 5.99. The molecule has 4 aromatic rings. The number of sulfone groups is 1. The molecule has 0 aliphatic rings. The zero-order valence-electron chi connectivity index (χ0n) is 14.7. The number of pyridine rings is 2. The summed E-state index contributed by atoms with van der Waals surface area (Å²) in [5.41, 5.74) is -0.672. The van der Waals surface area contributed by atoms with Crippen LogP contribution in [-0.4, -0.2) is 34.2 Å². The molecule has 3 heterocycles.